The maximum Gasteiger partial charge on any atom is 0.312 e. The van der Waals surface area contributed by atoms with Crippen molar-refractivity contribution < 1.29 is 39.9 Å². The van der Waals surface area contributed by atoms with Crippen LogP contribution >= 0.6 is 0 Å². The highest BCUT2D eigenvalue weighted by Crippen LogP contribution is 2.36. The summed E-state index contributed by atoms with van der Waals surface area (Å²) in [5.41, 5.74) is -1.72. The molecule has 0 radical (unpaired) electrons. The van der Waals surface area contributed by atoms with Gasteiger partial charge in [-0.2, -0.15) is 0 Å². The number of carboxylic acid groups (broad SMARTS) is 1. The van der Waals surface area contributed by atoms with E-state index in [0.29, 0.717) is 6.42 Å². The van der Waals surface area contributed by atoms with E-state index in [4.69, 9.17) is 4.74 Å². The van der Waals surface area contributed by atoms with Gasteiger partial charge >= 0.3 is 11.9 Å². The van der Waals surface area contributed by atoms with Crippen molar-refractivity contribution in [3.63, 3.8) is 0 Å². The van der Waals surface area contributed by atoms with E-state index in [1.54, 1.807) is 0 Å². The minimum atomic E-state index is -1.72. The molecule has 0 aliphatic rings. The molecular formula is C28H54O8. The SMILES string of the molecule is CC(C)CCCCCCCCCCCCCCCOC(=O)C(CC(=O)O)(CC(O)CO)CC(O)CO. The molecule has 0 aromatic carbocycles. The first-order valence-electron chi connectivity index (χ1n) is 14.1. The largest absolute Gasteiger partial charge is 0.481 e. The van der Waals surface area contributed by atoms with Crippen molar-refractivity contribution in [2.45, 2.75) is 135 Å². The molecule has 36 heavy (non-hydrogen) atoms. The summed E-state index contributed by atoms with van der Waals surface area (Å²) in [6.07, 6.45) is 12.8. The predicted octanol–water partition coefficient (Wildman–Crippen LogP) is 4.59. The average Bonchev–Trinajstić information content (AvgIpc) is 2.82. The highest BCUT2D eigenvalue weighted by atomic mass is 16.5. The molecule has 0 rings (SSSR count). The molecule has 8 nitrogen and oxygen atoms in total. The topological polar surface area (TPSA) is 145 Å². The standard InChI is InChI=1S/C28H54O8/c1-23(2)16-14-12-10-8-6-4-3-5-7-9-11-13-15-17-36-27(35)28(20-26(33)34,18-24(31)21-29)19-25(32)22-30/h23-25,29-32H,3-22H2,1-2H3,(H,33,34). The summed E-state index contributed by atoms with van der Waals surface area (Å²) in [4.78, 5) is 24.2. The number of ether oxygens (including phenoxy) is 1. The Morgan fingerprint density at radius 2 is 1.08 bits per heavy atom. The molecule has 0 saturated heterocycles. The van der Waals surface area contributed by atoms with Gasteiger partial charge in [-0.15, -0.1) is 0 Å². The maximum atomic E-state index is 12.8. The molecule has 8 heteroatoms. The zero-order chi connectivity index (χ0) is 27.2. The molecule has 5 N–H and O–H groups in total. The molecule has 0 aliphatic carbocycles. The van der Waals surface area contributed by atoms with Crippen LogP contribution in [0, 0.1) is 11.3 Å². The molecule has 0 amide bonds. The molecule has 0 aliphatic heterocycles. The van der Waals surface area contributed by atoms with Crippen molar-refractivity contribution in [2.75, 3.05) is 19.8 Å². The second-order valence-electron chi connectivity index (χ2n) is 10.8. The zero-order valence-electron chi connectivity index (χ0n) is 22.8. The third-order valence-corrected chi connectivity index (χ3v) is 6.76. The quantitative estimate of drug-likeness (QED) is 0.0871. The predicted molar refractivity (Wildman–Crippen MR) is 141 cm³/mol. The highest BCUT2D eigenvalue weighted by Gasteiger charge is 2.45. The Kier molecular flexibility index (Phi) is 21.1. The summed E-state index contributed by atoms with van der Waals surface area (Å²) in [6, 6.07) is 0. The number of carbonyl (C=O) groups excluding carboxylic acids is 1. The number of hydrogen-bond donors (Lipinski definition) is 5. The number of unbranched alkanes of at least 4 members (excludes halogenated alkanes) is 12. The van der Waals surface area contributed by atoms with Crippen molar-refractivity contribution in [1.82, 2.24) is 0 Å². The van der Waals surface area contributed by atoms with Crippen molar-refractivity contribution in [3.05, 3.63) is 0 Å². The monoisotopic (exact) mass is 518 g/mol. The molecule has 2 unspecified atom stereocenters. The highest BCUT2D eigenvalue weighted by molar-refractivity contribution is 5.83. The van der Waals surface area contributed by atoms with Gasteiger partial charge in [0.15, 0.2) is 0 Å². The van der Waals surface area contributed by atoms with Crippen LogP contribution in [0.25, 0.3) is 0 Å². The Morgan fingerprint density at radius 1 is 0.694 bits per heavy atom. The second-order valence-corrected chi connectivity index (χ2v) is 10.8. The second kappa shape index (κ2) is 21.8. The molecule has 0 spiro atoms. The summed E-state index contributed by atoms with van der Waals surface area (Å²) in [6.45, 7) is 3.39. The molecule has 0 heterocycles. The van der Waals surface area contributed by atoms with Crippen molar-refractivity contribution in [2.24, 2.45) is 11.3 Å². The number of aliphatic hydroxyl groups is 4. The van der Waals surface area contributed by atoms with Crippen molar-refractivity contribution >= 4 is 11.9 Å². The van der Waals surface area contributed by atoms with Gasteiger partial charge in [0, 0.05) is 0 Å². The van der Waals surface area contributed by atoms with Crippen LogP contribution in [0.15, 0.2) is 0 Å². The Bertz CT molecular complexity index is 540. The summed E-state index contributed by atoms with van der Waals surface area (Å²) < 4.78 is 5.33. The minimum Gasteiger partial charge on any atom is -0.481 e. The van der Waals surface area contributed by atoms with Crippen LogP contribution < -0.4 is 0 Å². The zero-order valence-corrected chi connectivity index (χ0v) is 22.8. The minimum absolute atomic E-state index is 0.127. The lowest BCUT2D eigenvalue weighted by Gasteiger charge is -2.33. The number of carbonyl (C=O) groups is 2. The van der Waals surface area contributed by atoms with E-state index in [2.05, 4.69) is 13.8 Å². The lowest BCUT2D eigenvalue weighted by atomic mass is 9.74. The first-order chi connectivity index (χ1) is 17.2. The average molecular weight is 519 g/mol. The van der Waals surface area contributed by atoms with Gasteiger partial charge in [-0.1, -0.05) is 97.3 Å². The van der Waals surface area contributed by atoms with Gasteiger partial charge < -0.3 is 30.3 Å². The Balaban J connectivity index is 4.09. The van der Waals surface area contributed by atoms with Gasteiger partial charge in [-0.05, 0) is 25.2 Å². The Labute approximate surface area is 218 Å². The number of rotatable bonds is 25. The molecule has 2 atom stereocenters. The van der Waals surface area contributed by atoms with E-state index >= 15 is 0 Å². The Hall–Kier alpha value is -1.22. The summed E-state index contributed by atoms with van der Waals surface area (Å²) in [5, 5.41) is 47.4. The fourth-order valence-electron chi connectivity index (χ4n) is 4.70. The number of aliphatic hydroxyl groups excluding tert-OH is 4. The summed E-state index contributed by atoms with van der Waals surface area (Å²) >= 11 is 0. The van der Waals surface area contributed by atoms with Crippen LogP contribution in [0.5, 0.6) is 0 Å². The van der Waals surface area contributed by atoms with Gasteiger partial charge in [0.05, 0.1) is 43.9 Å². The molecule has 0 fully saturated rings. The van der Waals surface area contributed by atoms with E-state index in [-0.39, 0.29) is 19.4 Å². The third-order valence-electron chi connectivity index (χ3n) is 6.76. The molecule has 0 bridgehead atoms. The van der Waals surface area contributed by atoms with E-state index in [1.807, 2.05) is 0 Å². The number of aliphatic carboxylic acids is 1. The van der Waals surface area contributed by atoms with E-state index < -0.39 is 49.2 Å². The first-order valence-corrected chi connectivity index (χ1v) is 14.1. The van der Waals surface area contributed by atoms with Crippen molar-refractivity contribution in [3.8, 4) is 0 Å². The smallest absolute Gasteiger partial charge is 0.312 e. The normalized spacial score (nSPS) is 15.0. The lowest BCUT2D eigenvalue weighted by molar-refractivity contribution is -0.167. The molecule has 0 aromatic heterocycles. The van der Waals surface area contributed by atoms with Gasteiger partial charge in [0.1, 0.15) is 0 Å². The maximum absolute atomic E-state index is 12.8. The van der Waals surface area contributed by atoms with E-state index in [0.717, 1.165) is 25.2 Å². The van der Waals surface area contributed by atoms with E-state index in [9.17, 15) is 35.1 Å². The number of carboxylic acids is 1. The number of esters is 1. The van der Waals surface area contributed by atoms with Crippen molar-refractivity contribution in [1.29, 1.82) is 0 Å². The molecule has 0 saturated carbocycles. The van der Waals surface area contributed by atoms with Gasteiger partial charge in [0.2, 0.25) is 0 Å². The summed E-state index contributed by atoms with van der Waals surface area (Å²) in [7, 11) is 0. The summed E-state index contributed by atoms with van der Waals surface area (Å²) in [5.74, 6) is -1.30. The van der Waals surface area contributed by atoms with Gasteiger partial charge in [0.25, 0.3) is 0 Å². The van der Waals surface area contributed by atoms with Crippen LogP contribution in [0.4, 0.5) is 0 Å². The van der Waals surface area contributed by atoms with Gasteiger partial charge in [-0.25, -0.2) is 0 Å². The first kappa shape index (κ1) is 34.8. The fourth-order valence-corrected chi connectivity index (χ4v) is 4.70. The number of hydrogen-bond acceptors (Lipinski definition) is 7. The van der Waals surface area contributed by atoms with Crippen LogP contribution in [-0.2, 0) is 14.3 Å². The third kappa shape index (κ3) is 18.1. The molecule has 0 aromatic rings. The van der Waals surface area contributed by atoms with Gasteiger partial charge in [-0.3, -0.25) is 9.59 Å². The van der Waals surface area contributed by atoms with Crippen LogP contribution in [0.1, 0.15) is 123 Å². The molecular weight excluding hydrogens is 464 g/mol. The fraction of sp³-hybridized carbons (Fsp3) is 0.929. The Morgan fingerprint density at radius 3 is 1.44 bits per heavy atom. The van der Waals surface area contributed by atoms with Crippen LogP contribution in [-0.4, -0.2) is 69.5 Å². The van der Waals surface area contributed by atoms with E-state index in [1.165, 1.54) is 64.2 Å². The van der Waals surface area contributed by atoms with Crippen LogP contribution in [0.3, 0.4) is 0 Å². The lowest BCUT2D eigenvalue weighted by Crippen LogP contribution is -2.42. The van der Waals surface area contributed by atoms with Crippen LogP contribution in [0.2, 0.25) is 0 Å². The molecule has 214 valence electrons.